The number of nitrogens with two attached hydrogens (primary N) is 1. The van der Waals surface area contributed by atoms with Gasteiger partial charge in [-0.3, -0.25) is 5.43 Å². The molecular formula is C9H15N5O3S. The number of sulfonamides is 1. The molecule has 0 amide bonds. The Balaban J connectivity index is 2.23. The van der Waals surface area contributed by atoms with Crippen LogP contribution in [0.5, 0.6) is 0 Å². The van der Waals surface area contributed by atoms with Crippen molar-refractivity contribution in [2.45, 2.75) is 17.9 Å². The van der Waals surface area contributed by atoms with E-state index < -0.39 is 10.0 Å². The number of ether oxygens (including phenoxy) is 1. The Morgan fingerprint density at radius 2 is 2.17 bits per heavy atom. The molecule has 2 rings (SSSR count). The third-order valence-corrected chi connectivity index (χ3v) is 4.42. The Morgan fingerprint density at radius 1 is 1.50 bits per heavy atom. The first-order valence-corrected chi connectivity index (χ1v) is 6.88. The van der Waals surface area contributed by atoms with E-state index in [9.17, 15) is 8.42 Å². The van der Waals surface area contributed by atoms with E-state index in [1.165, 1.54) is 16.7 Å². The van der Waals surface area contributed by atoms with Crippen LogP contribution >= 0.6 is 0 Å². The highest BCUT2D eigenvalue weighted by molar-refractivity contribution is 7.89. The molecule has 1 aliphatic heterocycles. The van der Waals surface area contributed by atoms with Crippen LogP contribution in [0.2, 0.25) is 0 Å². The highest BCUT2D eigenvalue weighted by atomic mass is 32.2. The van der Waals surface area contributed by atoms with Crippen molar-refractivity contribution in [3.05, 3.63) is 12.4 Å². The summed E-state index contributed by atoms with van der Waals surface area (Å²) in [5.41, 5.74) is 2.24. The summed E-state index contributed by atoms with van der Waals surface area (Å²) >= 11 is 0. The highest BCUT2D eigenvalue weighted by Gasteiger charge is 2.29. The molecule has 9 heteroatoms. The van der Waals surface area contributed by atoms with Crippen molar-refractivity contribution >= 4 is 16.0 Å². The van der Waals surface area contributed by atoms with Gasteiger partial charge in [-0.2, -0.15) is 4.31 Å². The third-order valence-electron chi connectivity index (χ3n) is 2.60. The Hall–Kier alpha value is -1.29. The zero-order valence-corrected chi connectivity index (χ0v) is 10.7. The molecule has 1 aromatic heterocycles. The summed E-state index contributed by atoms with van der Waals surface area (Å²) in [6.45, 7) is 2.89. The molecule has 8 nitrogen and oxygen atoms in total. The molecule has 1 atom stereocenters. The highest BCUT2D eigenvalue weighted by Crippen LogP contribution is 2.17. The molecule has 1 aliphatic rings. The predicted molar refractivity (Wildman–Crippen MR) is 64.0 cm³/mol. The van der Waals surface area contributed by atoms with Crippen LogP contribution in [0.25, 0.3) is 0 Å². The van der Waals surface area contributed by atoms with Crippen LogP contribution in [0.1, 0.15) is 6.92 Å². The second kappa shape index (κ2) is 5.14. The maximum absolute atomic E-state index is 12.3. The van der Waals surface area contributed by atoms with E-state index in [2.05, 4.69) is 15.4 Å². The van der Waals surface area contributed by atoms with Gasteiger partial charge in [-0.25, -0.2) is 24.2 Å². The molecule has 2 heterocycles. The van der Waals surface area contributed by atoms with Crippen molar-refractivity contribution in [3.63, 3.8) is 0 Å². The van der Waals surface area contributed by atoms with Crippen molar-refractivity contribution in [3.8, 4) is 0 Å². The lowest BCUT2D eigenvalue weighted by Crippen LogP contribution is -2.44. The lowest BCUT2D eigenvalue weighted by molar-refractivity contribution is 0.0102. The summed E-state index contributed by atoms with van der Waals surface area (Å²) in [7, 11) is -3.56. The van der Waals surface area contributed by atoms with Gasteiger partial charge >= 0.3 is 0 Å². The van der Waals surface area contributed by atoms with E-state index in [-0.39, 0.29) is 16.9 Å². The Bertz CT molecular complexity index is 503. The summed E-state index contributed by atoms with van der Waals surface area (Å²) < 4.78 is 31.2. The van der Waals surface area contributed by atoms with Gasteiger partial charge in [-0.1, -0.05) is 0 Å². The van der Waals surface area contributed by atoms with E-state index in [1.807, 2.05) is 6.92 Å². The van der Waals surface area contributed by atoms with Crippen LogP contribution in [0, 0.1) is 0 Å². The van der Waals surface area contributed by atoms with Crippen LogP contribution < -0.4 is 11.3 Å². The SMILES string of the molecule is CC1CN(S(=O)(=O)c2cnc(NN)nc2)CCO1. The van der Waals surface area contributed by atoms with Crippen molar-refractivity contribution < 1.29 is 13.2 Å². The van der Waals surface area contributed by atoms with Crippen molar-refractivity contribution in [1.29, 1.82) is 0 Å². The number of hydrogen-bond donors (Lipinski definition) is 2. The predicted octanol–water partition coefficient (Wildman–Crippen LogP) is -0.828. The first-order valence-electron chi connectivity index (χ1n) is 5.44. The Morgan fingerprint density at radius 3 is 2.72 bits per heavy atom. The van der Waals surface area contributed by atoms with E-state index in [1.54, 1.807) is 0 Å². The molecule has 0 aliphatic carbocycles. The number of hydrazine groups is 1. The van der Waals surface area contributed by atoms with Gasteiger partial charge in [-0.15, -0.1) is 0 Å². The summed E-state index contributed by atoms with van der Waals surface area (Å²) in [6, 6.07) is 0. The maximum Gasteiger partial charge on any atom is 0.246 e. The molecule has 18 heavy (non-hydrogen) atoms. The van der Waals surface area contributed by atoms with Gasteiger partial charge in [0, 0.05) is 13.1 Å². The Kier molecular flexibility index (Phi) is 3.76. The van der Waals surface area contributed by atoms with Gasteiger partial charge in [0.1, 0.15) is 4.90 Å². The fourth-order valence-electron chi connectivity index (χ4n) is 1.68. The largest absolute Gasteiger partial charge is 0.376 e. The van der Waals surface area contributed by atoms with Crippen LogP contribution in [0.15, 0.2) is 17.3 Å². The van der Waals surface area contributed by atoms with Gasteiger partial charge in [0.25, 0.3) is 0 Å². The molecule has 1 saturated heterocycles. The van der Waals surface area contributed by atoms with Crippen LogP contribution in [0.3, 0.4) is 0 Å². The van der Waals surface area contributed by atoms with E-state index in [0.717, 1.165) is 0 Å². The summed E-state index contributed by atoms with van der Waals surface area (Å²) in [4.78, 5) is 7.64. The summed E-state index contributed by atoms with van der Waals surface area (Å²) in [5.74, 6) is 5.29. The van der Waals surface area contributed by atoms with Crippen molar-refractivity contribution in [1.82, 2.24) is 14.3 Å². The number of morpholine rings is 1. The average Bonchev–Trinajstić information content (AvgIpc) is 2.39. The number of nitrogens with one attached hydrogen (secondary N) is 1. The molecule has 1 aromatic rings. The second-order valence-electron chi connectivity index (χ2n) is 3.93. The first kappa shape index (κ1) is 13.1. The van der Waals surface area contributed by atoms with Gasteiger partial charge in [-0.05, 0) is 6.92 Å². The summed E-state index contributed by atoms with van der Waals surface area (Å²) in [6.07, 6.45) is 2.36. The number of rotatable bonds is 3. The standard InChI is InChI=1S/C9H15N5O3S/c1-7-6-14(2-3-17-7)18(15,16)8-4-11-9(13-10)12-5-8/h4-5,7H,2-3,6,10H2,1H3,(H,11,12,13). The van der Waals surface area contributed by atoms with Crippen molar-refractivity contribution in [2.24, 2.45) is 5.84 Å². The average molecular weight is 273 g/mol. The van der Waals surface area contributed by atoms with Crippen LogP contribution in [-0.4, -0.2) is 48.5 Å². The molecule has 0 bridgehead atoms. The molecule has 100 valence electrons. The van der Waals surface area contributed by atoms with Crippen LogP contribution in [-0.2, 0) is 14.8 Å². The van der Waals surface area contributed by atoms with Gasteiger partial charge in [0.2, 0.25) is 16.0 Å². The van der Waals surface area contributed by atoms with E-state index in [4.69, 9.17) is 10.6 Å². The lowest BCUT2D eigenvalue weighted by atomic mass is 10.3. The minimum atomic E-state index is -3.56. The lowest BCUT2D eigenvalue weighted by Gasteiger charge is -2.30. The third kappa shape index (κ3) is 2.58. The zero-order chi connectivity index (χ0) is 13.2. The minimum absolute atomic E-state index is 0.0515. The number of anilines is 1. The number of nitrogens with zero attached hydrogens (tertiary/aromatic N) is 3. The topological polar surface area (TPSA) is 110 Å². The quantitative estimate of drug-likeness (QED) is 0.546. The van der Waals surface area contributed by atoms with Gasteiger partial charge in [0.15, 0.2) is 0 Å². The van der Waals surface area contributed by atoms with Gasteiger partial charge in [0.05, 0.1) is 25.1 Å². The summed E-state index contributed by atoms with van der Waals surface area (Å²) in [5, 5.41) is 0. The Labute approximate surface area is 105 Å². The molecule has 0 saturated carbocycles. The second-order valence-corrected chi connectivity index (χ2v) is 5.87. The zero-order valence-electron chi connectivity index (χ0n) is 9.91. The normalized spacial score (nSPS) is 21.8. The number of nitrogen functional groups attached to an aromatic ring is 1. The van der Waals surface area contributed by atoms with Crippen molar-refractivity contribution in [2.75, 3.05) is 25.1 Å². The van der Waals surface area contributed by atoms with E-state index in [0.29, 0.717) is 19.7 Å². The molecule has 0 aromatic carbocycles. The monoisotopic (exact) mass is 273 g/mol. The van der Waals surface area contributed by atoms with Gasteiger partial charge < -0.3 is 4.74 Å². The molecule has 0 radical (unpaired) electrons. The minimum Gasteiger partial charge on any atom is -0.376 e. The molecule has 1 fully saturated rings. The van der Waals surface area contributed by atoms with E-state index >= 15 is 0 Å². The fourth-order valence-corrected chi connectivity index (χ4v) is 3.07. The first-order chi connectivity index (χ1) is 8.54. The number of hydrogen-bond acceptors (Lipinski definition) is 7. The molecule has 3 N–H and O–H groups in total. The molecule has 0 spiro atoms. The number of aromatic nitrogens is 2. The molecule has 1 unspecified atom stereocenters. The maximum atomic E-state index is 12.3. The smallest absolute Gasteiger partial charge is 0.246 e. The fraction of sp³-hybridized carbons (Fsp3) is 0.556. The molecular weight excluding hydrogens is 258 g/mol. The van der Waals surface area contributed by atoms with Crippen LogP contribution in [0.4, 0.5) is 5.95 Å².